The van der Waals surface area contributed by atoms with E-state index in [1.807, 2.05) is 18.2 Å². The minimum atomic E-state index is -0.786. The number of hydrogen-bond donors (Lipinski definition) is 1. The summed E-state index contributed by atoms with van der Waals surface area (Å²) in [6.45, 7) is 0. The number of fused-ring (bicyclic) bond motifs is 2. The van der Waals surface area contributed by atoms with Crippen LogP contribution in [0.25, 0.3) is 0 Å². The second-order valence-electron chi connectivity index (χ2n) is 6.42. The van der Waals surface area contributed by atoms with Gasteiger partial charge < -0.3 is 9.84 Å². The number of aliphatic hydroxyl groups is 1. The maximum Gasteiger partial charge on any atom is 0.113 e. The summed E-state index contributed by atoms with van der Waals surface area (Å²) in [5, 5.41) is 11.4. The molecular weight excluding hydrogens is 248 g/mol. The summed E-state index contributed by atoms with van der Waals surface area (Å²) in [6, 6.07) is 10.2. The zero-order valence-corrected chi connectivity index (χ0v) is 11.8. The molecule has 0 amide bonds. The molecule has 106 valence electrons. The maximum atomic E-state index is 11.4. The minimum absolute atomic E-state index is 0.159. The Morgan fingerprint density at radius 3 is 2.65 bits per heavy atom. The van der Waals surface area contributed by atoms with Gasteiger partial charge in [-0.1, -0.05) is 36.8 Å². The SMILES string of the molecule is OC1(c2ccccc2)CCCC2OC3CCCCC3=C21. The zero-order valence-electron chi connectivity index (χ0n) is 11.8. The molecule has 3 aliphatic rings. The number of hydrogen-bond acceptors (Lipinski definition) is 2. The lowest BCUT2D eigenvalue weighted by atomic mass is 9.71. The van der Waals surface area contributed by atoms with E-state index in [1.165, 1.54) is 24.0 Å². The third-order valence-electron chi connectivity index (χ3n) is 5.25. The first kappa shape index (κ1) is 12.6. The maximum absolute atomic E-state index is 11.4. The van der Waals surface area contributed by atoms with Gasteiger partial charge in [-0.05, 0) is 55.2 Å². The third-order valence-corrected chi connectivity index (χ3v) is 5.25. The first-order valence-corrected chi connectivity index (χ1v) is 7.96. The number of benzene rings is 1. The van der Waals surface area contributed by atoms with Crippen molar-refractivity contribution in [2.24, 2.45) is 0 Å². The standard InChI is InChI=1S/C18H22O2/c19-18(13-7-2-1-3-8-13)12-6-11-16-17(18)14-9-4-5-10-15(14)20-16/h1-3,7-8,15-16,19H,4-6,9-12H2. The Morgan fingerprint density at radius 1 is 1.00 bits per heavy atom. The van der Waals surface area contributed by atoms with Crippen LogP contribution < -0.4 is 0 Å². The monoisotopic (exact) mass is 270 g/mol. The fourth-order valence-corrected chi connectivity index (χ4v) is 4.35. The van der Waals surface area contributed by atoms with Gasteiger partial charge in [-0.15, -0.1) is 0 Å². The molecule has 2 saturated carbocycles. The van der Waals surface area contributed by atoms with Crippen molar-refractivity contribution in [3.05, 3.63) is 47.0 Å². The van der Waals surface area contributed by atoms with E-state index in [-0.39, 0.29) is 12.2 Å². The first-order chi connectivity index (χ1) is 9.79. The largest absolute Gasteiger partial charge is 0.381 e. The molecule has 1 N–H and O–H groups in total. The average Bonchev–Trinajstić information content (AvgIpc) is 2.88. The lowest BCUT2D eigenvalue weighted by Gasteiger charge is -2.38. The summed E-state index contributed by atoms with van der Waals surface area (Å²) in [5.74, 6) is 0. The summed E-state index contributed by atoms with van der Waals surface area (Å²) in [7, 11) is 0. The molecule has 3 atom stereocenters. The van der Waals surface area contributed by atoms with Crippen molar-refractivity contribution in [1.82, 2.24) is 0 Å². The zero-order chi connectivity index (χ0) is 13.6. The molecule has 2 fully saturated rings. The molecule has 0 spiro atoms. The van der Waals surface area contributed by atoms with Crippen LogP contribution >= 0.6 is 0 Å². The molecule has 1 heterocycles. The minimum Gasteiger partial charge on any atom is -0.381 e. The molecule has 1 aromatic rings. The number of rotatable bonds is 1. The van der Waals surface area contributed by atoms with Crippen molar-refractivity contribution < 1.29 is 9.84 Å². The molecule has 2 aliphatic carbocycles. The van der Waals surface area contributed by atoms with E-state index in [9.17, 15) is 5.11 Å². The van der Waals surface area contributed by atoms with E-state index in [4.69, 9.17) is 4.74 Å². The van der Waals surface area contributed by atoms with Gasteiger partial charge in [-0.2, -0.15) is 0 Å². The van der Waals surface area contributed by atoms with Crippen LogP contribution in [0.4, 0.5) is 0 Å². The Hall–Kier alpha value is -1.12. The molecule has 0 aromatic heterocycles. The fourth-order valence-electron chi connectivity index (χ4n) is 4.35. The topological polar surface area (TPSA) is 29.5 Å². The molecule has 20 heavy (non-hydrogen) atoms. The molecule has 0 saturated heterocycles. The van der Waals surface area contributed by atoms with Gasteiger partial charge in [0.2, 0.25) is 0 Å². The smallest absolute Gasteiger partial charge is 0.113 e. The highest BCUT2D eigenvalue weighted by atomic mass is 16.5. The molecular formula is C18H22O2. The van der Waals surface area contributed by atoms with E-state index in [0.29, 0.717) is 0 Å². The highest BCUT2D eigenvalue weighted by molar-refractivity contribution is 5.43. The third kappa shape index (κ3) is 1.78. The molecule has 3 unspecified atom stereocenters. The van der Waals surface area contributed by atoms with Crippen LogP contribution in [0.15, 0.2) is 41.5 Å². The van der Waals surface area contributed by atoms with Crippen LogP contribution in [0.3, 0.4) is 0 Å². The Kier molecular flexibility index (Phi) is 2.97. The van der Waals surface area contributed by atoms with Crippen molar-refractivity contribution in [3.63, 3.8) is 0 Å². The van der Waals surface area contributed by atoms with Gasteiger partial charge in [0.05, 0.1) is 12.2 Å². The first-order valence-electron chi connectivity index (χ1n) is 7.96. The Morgan fingerprint density at radius 2 is 1.80 bits per heavy atom. The fraction of sp³-hybridized carbons (Fsp3) is 0.556. The second kappa shape index (κ2) is 4.71. The van der Waals surface area contributed by atoms with Crippen LogP contribution in [0, 0.1) is 0 Å². The highest BCUT2D eigenvalue weighted by Crippen LogP contribution is 2.51. The van der Waals surface area contributed by atoms with Gasteiger partial charge in [-0.25, -0.2) is 0 Å². The van der Waals surface area contributed by atoms with Crippen LogP contribution in [-0.2, 0) is 10.3 Å². The molecule has 1 aliphatic heterocycles. The van der Waals surface area contributed by atoms with Gasteiger partial charge >= 0.3 is 0 Å². The summed E-state index contributed by atoms with van der Waals surface area (Å²) in [5.41, 5.74) is 2.90. The van der Waals surface area contributed by atoms with Crippen LogP contribution in [0.5, 0.6) is 0 Å². The van der Waals surface area contributed by atoms with Gasteiger partial charge in [0.15, 0.2) is 0 Å². The summed E-state index contributed by atoms with van der Waals surface area (Å²) < 4.78 is 6.25. The molecule has 0 radical (unpaired) electrons. The van der Waals surface area contributed by atoms with Gasteiger partial charge in [-0.3, -0.25) is 0 Å². The van der Waals surface area contributed by atoms with E-state index in [1.54, 1.807) is 0 Å². The van der Waals surface area contributed by atoms with Gasteiger partial charge in [0.25, 0.3) is 0 Å². The lowest BCUT2D eigenvalue weighted by Crippen LogP contribution is -2.37. The average molecular weight is 270 g/mol. The molecule has 2 heteroatoms. The Labute approximate surface area is 120 Å². The van der Waals surface area contributed by atoms with Crippen LogP contribution in [0.1, 0.15) is 50.5 Å². The number of ether oxygens (including phenoxy) is 1. The summed E-state index contributed by atoms with van der Waals surface area (Å²) in [4.78, 5) is 0. The van der Waals surface area contributed by atoms with Crippen molar-refractivity contribution >= 4 is 0 Å². The predicted molar refractivity (Wildman–Crippen MR) is 78.3 cm³/mol. The van der Waals surface area contributed by atoms with E-state index < -0.39 is 5.60 Å². The van der Waals surface area contributed by atoms with Crippen molar-refractivity contribution in [2.45, 2.75) is 62.8 Å². The molecule has 0 bridgehead atoms. The quantitative estimate of drug-likeness (QED) is 0.789. The Bertz CT molecular complexity index is 534. The van der Waals surface area contributed by atoms with Crippen molar-refractivity contribution in [3.8, 4) is 0 Å². The van der Waals surface area contributed by atoms with Gasteiger partial charge in [0.1, 0.15) is 5.60 Å². The van der Waals surface area contributed by atoms with Crippen LogP contribution in [0.2, 0.25) is 0 Å². The molecule has 1 aromatic carbocycles. The predicted octanol–water partition coefficient (Wildman–Crippen LogP) is 3.70. The normalized spacial score (nSPS) is 36.6. The van der Waals surface area contributed by atoms with Crippen molar-refractivity contribution in [2.75, 3.05) is 0 Å². The summed E-state index contributed by atoms with van der Waals surface area (Å²) >= 11 is 0. The lowest BCUT2D eigenvalue weighted by molar-refractivity contribution is -0.0190. The molecule has 2 nitrogen and oxygen atoms in total. The second-order valence-corrected chi connectivity index (χ2v) is 6.42. The van der Waals surface area contributed by atoms with Crippen molar-refractivity contribution in [1.29, 1.82) is 0 Å². The highest BCUT2D eigenvalue weighted by Gasteiger charge is 2.48. The summed E-state index contributed by atoms with van der Waals surface area (Å²) in [6.07, 6.45) is 8.16. The Balaban J connectivity index is 1.83. The van der Waals surface area contributed by atoms with Crippen LogP contribution in [-0.4, -0.2) is 17.3 Å². The molecule has 4 rings (SSSR count). The van der Waals surface area contributed by atoms with E-state index >= 15 is 0 Å². The van der Waals surface area contributed by atoms with E-state index in [2.05, 4.69) is 12.1 Å². The van der Waals surface area contributed by atoms with Gasteiger partial charge in [0, 0.05) is 0 Å². The van der Waals surface area contributed by atoms with E-state index in [0.717, 1.165) is 37.7 Å².